The van der Waals surface area contributed by atoms with Crippen LogP contribution in [0, 0.1) is 5.92 Å². The van der Waals surface area contributed by atoms with Crippen molar-refractivity contribution in [3.8, 4) is 0 Å². The van der Waals surface area contributed by atoms with Crippen molar-refractivity contribution in [2.75, 3.05) is 7.05 Å². The number of hydrogen-bond acceptors (Lipinski definition) is 3. The molecule has 4 N–H and O–H groups in total. The van der Waals surface area contributed by atoms with Gasteiger partial charge in [0.1, 0.15) is 0 Å². The largest absolute Gasteiger partial charge is 0.366 e. The number of primary amides is 1. The number of benzene rings is 1. The fourth-order valence-electron chi connectivity index (χ4n) is 1.67. The van der Waals surface area contributed by atoms with E-state index in [2.05, 4.69) is 0 Å². The third-order valence-corrected chi connectivity index (χ3v) is 3.04. The van der Waals surface area contributed by atoms with Gasteiger partial charge >= 0.3 is 0 Å². The predicted molar refractivity (Wildman–Crippen MR) is 74.2 cm³/mol. The first-order valence-electron chi connectivity index (χ1n) is 6.22. The normalized spacial score (nSPS) is 12.3. The van der Waals surface area contributed by atoms with Crippen LogP contribution in [-0.2, 0) is 11.3 Å². The van der Waals surface area contributed by atoms with Gasteiger partial charge in [-0.05, 0) is 23.6 Å². The maximum absolute atomic E-state index is 12.0. The first kappa shape index (κ1) is 15.2. The molecule has 2 amide bonds. The lowest BCUT2D eigenvalue weighted by Gasteiger charge is -2.23. The smallest absolute Gasteiger partial charge is 0.248 e. The zero-order chi connectivity index (χ0) is 14.6. The Balaban J connectivity index is 2.69. The standard InChI is InChI=1S/C14H21N3O2/c1-9(2)12(15)14(19)17(3)8-10-4-6-11(7-5-10)13(16)18/h4-7,9,12H,8,15H2,1-3H3,(H2,16,18). The summed E-state index contributed by atoms with van der Waals surface area (Å²) in [7, 11) is 1.71. The highest BCUT2D eigenvalue weighted by Gasteiger charge is 2.20. The number of nitrogens with two attached hydrogens (primary N) is 2. The third-order valence-electron chi connectivity index (χ3n) is 3.04. The topological polar surface area (TPSA) is 89.4 Å². The number of amides is 2. The second-order valence-electron chi connectivity index (χ2n) is 5.03. The van der Waals surface area contributed by atoms with Crippen molar-refractivity contribution in [3.63, 3.8) is 0 Å². The van der Waals surface area contributed by atoms with Gasteiger partial charge in [0.15, 0.2) is 0 Å². The van der Waals surface area contributed by atoms with E-state index in [1.165, 1.54) is 0 Å². The molecule has 0 aliphatic carbocycles. The van der Waals surface area contributed by atoms with Gasteiger partial charge in [0, 0.05) is 19.2 Å². The van der Waals surface area contributed by atoms with Crippen molar-refractivity contribution in [3.05, 3.63) is 35.4 Å². The zero-order valence-electron chi connectivity index (χ0n) is 11.6. The Labute approximate surface area is 113 Å². The molecular formula is C14H21N3O2. The van der Waals surface area contributed by atoms with Crippen LogP contribution < -0.4 is 11.5 Å². The highest BCUT2D eigenvalue weighted by Crippen LogP contribution is 2.09. The van der Waals surface area contributed by atoms with Crippen LogP contribution in [0.4, 0.5) is 0 Å². The lowest BCUT2D eigenvalue weighted by Crippen LogP contribution is -2.44. The van der Waals surface area contributed by atoms with E-state index >= 15 is 0 Å². The molecule has 0 spiro atoms. The lowest BCUT2D eigenvalue weighted by molar-refractivity contribution is -0.132. The van der Waals surface area contributed by atoms with Crippen molar-refractivity contribution < 1.29 is 9.59 Å². The Morgan fingerprint density at radius 3 is 2.16 bits per heavy atom. The van der Waals surface area contributed by atoms with Crippen LogP contribution in [0.3, 0.4) is 0 Å². The molecule has 1 atom stereocenters. The quantitative estimate of drug-likeness (QED) is 0.820. The van der Waals surface area contributed by atoms with Gasteiger partial charge in [-0.15, -0.1) is 0 Å². The second-order valence-corrected chi connectivity index (χ2v) is 5.03. The Hall–Kier alpha value is -1.88. The van der Waals surface area contributed by atoms with Crippen molar-refractivity contribution in [1.29, 1.82) is 0 Å². The van der Waals surface area contributed by atoms with Crippen LogP contribution in [0.15, 0.2) is 24.3 Å². The molecule has 0 radical (unpaired) electrons. The van der Waals surface area contributed by atoms with E-state index in [9.17, 15) is 9.59 Å². The van der Waals surface area contributed by atoms with E-state index in [1.54, 1.807) is 36.2 Å². The number of rotatable bonds is 5. The minimum Gasteiger partial charge on any atom is -0.366 e. The molecule has 0 aromatic heterocycles. The summed E-state index contributed by atoms with van der Waals surface area (Å²) >= 11 is 0. The maximum atomic E-state index is 12.0. The fourth-order valence-corrected chi connectivity index (χ4v) is 1.67. The molecule has 5 heteroatoms. The van der Waals surface area contributed by atoms with Crippen molar-refractivity contribution in [2.45, 2.75) is 26.4 Å². The number of nitrogens with zero attached hydrogens (tertiary/aromatic N) is 1. The van der Waals surface area contributed by atoms with Crippen molar-refractivity contribution in [2.24, 2.45) is 17.4 Å². The predicted octanol–water partition coefficient (Wildman–Crippen LogP) is 0.727. The van der Waals surface area contributed by atoms with E-state index in [4.69, 9.17) is 11.5 Å². The first-order valence-corrected chi connectivity index (χ1v) is 6.22. The summed E-state index contributed by atoms with van der Waals surface area (Å²) in [4.78, 5) is 24.5. The Bertz CT molecular complexity index is 454. The fraction of sp³-hybridized carbons (Fsp3) is 0.429. The molecule has 0 saturated heterocycles. The van der Waals surface area contributed by atoms with Gasteiger partial charge in [0.05, 0.1) is 6.04 Å². The minimum absolute atomic E-state index is 0.0889. The molecule has 0 saturated carbocycles. The van der Waals surface area contributed by atoms with Crippen LogP contribution in [0.5, 0.6) is 0 Å². The van der Waals surface area contributed by atoms with Gasteiger partial charge in [0.2, 0.25) is 11.8 Å². The Morgan fingerprint density at radius 1 is 1.21 bits per heavy atom. The highest BCUT2D eigenvalue weighted by molar-refractivity contribution is 5.92. The van der Waals surface area contributed by atoms with E-state index in [0.717, 1.165) is 5.56 Å². The maximum Gasteiger partial charge on any atom is 0.248 e. The average Bonchev–Trinajstić information content (AvgIpc) is 2.37. The van der Waals surface area contributed by atoms with E-state index in [0.29, 0.717) is 12.1 Å². The third kappa shape index (κ3) is 4.06. The van der Waals surface area contributed by atoms with Crippen LogP contribution in [0.2, 0.25) is 0 Å². The lowest BCUT2D eigenvalue weighted by atomic mass is 10.0. The summed E-state index contributed by atoms with van der Waals surface area (Å²) < 4.78 is 0. The Kier molecular flexibility index (Phi) is 5.06. The molecule has 0 aliphatic heterocycles. The van der Waals surface area contributed by atoms with Gasteiger partial charge in [-0.1, -0.05) is 26.0 Å². The van der Waals surface area contributed by atoms with Gasteiger partial charge in [-0.3, -0.25) is 9.59 Å². The molecule has 104 valence electrons. The summed E-state index contributed by atoms with van der Waals surface area (Å²) in [6, 6.07) is 6.38. The monoisotopic (exact) mass is 263 g/mol. The zero-order valence-corrected chi connectivity index (χ0v) is 11.6. The molecule has 1 unspecified atom stereocenters. The molecule has 1 rings (SSSR count). The Morgan fingerprint density at radius 2 is 1.74 bits per heavy atom. The summed E-state index contributed by atoms with van der Waals surface area (Å²) in [5.41, 5.74) is 12.4. The van der Waals surface area contributed by atoms with E-state index in [-0.39, 0.29) is 11.8 Å². The number of carbonyl (C=O) groups is 2. The molecule has 1 aromatic carbocycles. The molecule has 0 fully saturated rings. The number of hydrogen-bond donors (Lipinski definition) is 2. The summed E-state index contributed by atoms with van der Waals surface area (Å²) in [5, 5.41) is 0. The summed E-state index contributed by atoms with van der Waals surface area (Å²) in [6.07, 6.45) is 0. The van der Waals surface area contributed by atoms with Gasteiger partial charge in [-0.2, -0.15) is 0 Å². The van der Waals surface area contributed by atoms with Gasteiger partial charge in [-0.25, -0.2) is 0 Å². The highest BCUT2D eigenvalue weighted by atomic mass is 16.2. The minimum atomic E-state index is -0.491. The van der Waals surface area contributed by atoms with E-state index < -0.39 is 11.9 Å². The molecule has 0 bridgehead atoms. The molecule has 19 heavy (non-hydrogen) atoms. The molecule has 0 heterocycles. The van der Waals surface area contributed by atoms with Gasteiger partial charge in [0.25, 0.3) is 0 Å². The molecule has 1 aromatic rings. The SMILES string of the molecule is CC(C)C(N)C(=O)N(C)Cc1ccc(C(N)=O)cc1. The number of carbonyl (C=O) groups excluding carboxylic acids is 2. The average molecular weight is 263 g/mol. The van der Waals surface area contributed by atoms with Crippen LogP contribution in [0.1, 0.15) is 29.8 Å². The summed E-state index contributed by atoms with van der Waals surface area (Å²) in [6.45, 7) is 4.29. The second kappa shape index (κ2) is 6.33. The van der Waals surface area contributed by atoms with E-state index in [1.807, 2.05) is 13.8 Å². The van der Waals surface area contributed by atoms with Crippen molar-refractivity contribution >= 4 is 11.8 Å². The molecule has 0 aliphatic rings. The van der Waals surface area contributed by atoms with Crippen molar-refractivity contribution in [1.82, 2.24) is 4.90 Å². The van der Waals surface area contributed by atoms with Gasteiger partial charge < -0.3 is 16.4 Å². The van der Waals surface area contributed by atoms with Crippen LogP contribution >= 0.6 is 0 Å². The van der Waals surface area contributed by atoms with Crippen LogP contribution in [-0.4, -0.2) is 29.8 Å². The molecule has 5 nitrogen and oxygen atoms in total. The first-order chi connectivity index (χ1) is 8.82. The molecular weight excluding hydrogens is 242 g/mol. The summed E-state index contributed by atoms with van der Waals surface area (Å²) in [5.74, 6) is -0.445. The number of likely N-dealkylation sites (N-methyl/N-ethyl adjacent to an activating group) is 1. The van der Waals surface area contributed by atoms with Crippen LogP contribution in [0.25, 0.3) is 0 Å².